The average Bonchev–Trinajstić information content (AvgIpc) is 3.24. The second kappa shape index (κ2) is 9.76. The normalized spacial score (nSPS) is 10.7. The third kappa shape index (κ3) is 5.16. The highest BCUT2D eigenvalue weighted by Crippen LogP contribution is 2.29. The van der Waals surface area contributed by atoms with Crippen LogP contribution in [0.25, 0.3) is 17.1 Å². The number of halogens is 2. The van der Waals surface area contributed by atoms with Crippen molar-refractivity contribution in [1.29, 1.82) is 0 Å². The van der Waals surface area contributed by atoms with Crippen molar-refractivity contribution in [1.82, 2.24) is 19.7 Å². The first-order chi connectivity index (χ1) is 15.9. The van der Waals surface area contributed by atoms with Crippen LogP contribution in [0, 0.1) is 15.9 Å². The molecule has 1 N–H and O–H groups in total. The van der Waals surface area contributed by atoms with Crippen molar-refractivity contribution in [2.24, 2.45) is 0 Å². The summed E-state index contributed by atoms with van der Waals surface area (Å²) in [7, 11) is 0. The maximum atomic E-state index is 13.5. The molecular formula is C21H14ClFN6O3S. The van der Waals surface area contributed by atoms with Gasteiger partial charge in [-0.25, -0.2) is 0 Å². The van der Waals surface area contributed by atoms with E-state index in [4.69, 9.17) is 11.6 Å². The van der Waals surface area contributed by atoms with Gasteiger partial charge in [0.2, 0.25) is 11.7 Å². The third-order valence-corrected chi connectivity index (χ3v) is 5.60. The number of aromatic nitrogens is 4. The van der Waals surface area contributed by atoms with E-state index in [9.17, 15) is 19.3 Å². The van der Waals surface area contributed by atoms with Gasteiger partial charge in [0.15, 0.2) is 11.0 Å². The number of hydrogen-bond acceptors (Lipinski definition) is 7. The van der Waals surface area contributed by atoms with Crippen molar-refractivity contribution >= 4 is 40.6 Å². The van der Waals surface area contributed by atoms with Crippen LogP contribution >= 0.6 is 23.4 Å². The van der Waals surface area contributed by atoms with Crippen LogP contribution in [-0.4, -0.2) is 36.3 Å². The van der Waals surface area contributed by atoms with Gasteiger partial charge in [-0.1, -0.05) is 23.4 Å². The summed E-state index contributed by atoms with van der Waals surface area (Å²) in [5, 5.41) is 22.9. The van der Waals surface area contributed by atoms with Crippen molar-refractivity contribution in [2.45, 2.75) is 5.16 Å². The summed E-state index contributed by atoms with van der Waals surface area (Å²) >= 11 is 7.14. The molecule has 0 aliphatic heterocycles. The van der Waals surface area contributed by atoms with Crippen LogP contribution in [0.5, 0.6) is 0 Å². The molecule has 0 atom stereocenters. The Morgan fingerprint density at radius 2 is 1.85 bits per heavy atom. The van der Waals surface area contributed by atoms with Gasteiger partial charge in [-0.2, -0.15) is 4.39 Å². The van der Waals surface area contributed by atoms with E-state index in [2.05, 4.69) is 20.5 Å². The summed E-state index contributed by atoms with van der Waals surface area (Å²) in [6, 6.07) is 13.8. The van der Waals surface area contributed by atoms with Crippen LogP contribution in [0.15, 0.2) is 72.1 Å². The Hall–Kier alpha value is -3.83. The lowest BCUT2D eigenvalue weighted by molar-refractivity contribution is -0.387. The van der Waals surface area contributed by atoms with Gasteiger partial charge in [-0.3, -0.25) is 24.5 Å². The zero-order valence-corrected chi connectivity index (χ0v) is 18.3. The molecule has 9 nitrogen and oxygen atoms in total. The number of nitrogens with zero attached hydrogens (tertiary/aromatic N) is 5. The van der Waals surface area contributed by atoms with Crippen LogP contribution in [0.3, 0.4) is 0 Å². The number of nitro groups is 1. The number of pyridine rings is 1. The minimum absolute atomic E-state index is 0.0623. The molecule has 0 saturated carbocycles. The van der Waals surface area contributed by atoms with Crippen molar-refractivity contribution in [3.63, 3.8) is 0 Å². The SMILES string of the molecule is O=C(CSc1nnc(-c2ccncc2)n1-c1ccc(Cl)cc1)Nc1ccc(F)c([N+](=O)[O-])c1. The summed E-state index contributed by atoms with van der Waals surface area (Å²) in [5.74, 6) is -0.936. The zero-order chi connectivity index (χ0) is 23.4. The van der Waals surface area contributed by atoms with Gasteiger partial charge in [0.1, 0.15) is 0 Å². The van der Waals surface area contributed by atoms with E-state index in [-0.39, 0.29) is 11.4 Å². The van der Waals surface area contributed by atoms with E-state index in [1.165, 1.54) is 6.07 Å². The van der Waals surface area contributed by atoms with Crippen LogP contribution in [0.4, 0.5) is 15.8 Å². The van der Waals surface area contributed by atoms with Gasteiger partial charge >= 0.3 is 5.69 Å². The van der Waals surface area contributed by atoms with Gasteiger partial charge in [0.05, 0.1) is 10.7 Å². The summed E-state index contributed by atoms with van der Waals surface area (Å²) in [4.78, 5) is 26.5. The number of carbonyl (C=O) groups excluding carboxylic acids is 1. The number of nitrogens with one attached hydrogen (secondary N) is 1. The van der Waals surface area contributed by atoms with Crippen LogP contribution < -0.4 is 5.32 Å². The smallest absolute Gasteiger partial charge is 0.306 e. The van der Waals surface area contributed by atoms with Gasteiger partial charge < -0.3 is 5.32 Å². The predicted molar refractivity (Wildman–Crippen MR) is 122 cm³/mol. The number of nitro benzene ring substituents is 1. The molecule has 166 valence electrons. The third-order valence-electron chi connectivity index (χ3n) is 4.42. The quantitative estimate of drug-likeness (QED) is 0.228. The fourth-order valence-corrected chi connectivity index (χ4v) is 3.81. The molecule has 0 saturated heterocycles. The lowest BCUT2D eigenvalue weighted by Crippen LogP contribution is -2.15. The van der Waals surface area contributed by atoms with Crippen LogP contribution in [-0.2, 0) is 4.79 Å². The van der Waals surface area contributed by atoms with Crippen molar-refractivity contribution < 1.29 is 14.1 Å². The second-order valence-electron chi connectivity index (χ2n) is 6.61. The highest BCUT2D eigenvalue weighted by Gasteiger charge is 2.19. The number of benzene rings is 2. The summed E-state index contributed by atoms with van der Waals surface area (Å²) in [6.07, 6.45) is 3.27. The minimum atomic E-state index is -0.980. The monoisotopic (exact) mass is 484 g/mol. The highest BCUT2D eigenvalue weighted by atomic mass is 35.5. The van der Waals surface area contributed by atoms with E-state index in [1.807, 2.05) is 0 Å². The van der Waals surface area contributed by atoms with Crippen molar-refractivity contribution in [3.05, 3.63) is 87.9 Å². The molecule has 0 radical (unpaired) electrons. The highest BCUT2D eigenvalue weighted by molar-refractivity contribution is 7.99. The van der Waals surface area contributed by atoms with Crippen LogP contribution in [0.1, 0.15) is 0 Å². The largest absolute Gasteiger partial charge is 0.325 e. The van der Waals surface area contributed by atoms with Gasteiger partial charge in [0.25, 0.3) is 0 Å². The standard InChI is InChI=1S/C21H14ClFN6O3S/c22-14-1-4-16(5-2-14)28-20(13-7-9-24-10-8-13)26-27-21(28)33-12-19(30)25-15-3-6-17(23)18(11-15)29(31)32/h1-11H,12H2,(H,25,30). The first-order valence-electron chi connectivity index (χ1n) is 9.41. The Morgan fingerprint density at radius 3 is 2.55 bits per heavy atom. The number of rotatable bonds is 7. The van der Waals surface area contributed by atoms with E-state index in [0.29, 0.717) is 16.0 Å². The van der Waals surface area contributed by atoms with Crippen LogP contribution in [0.2, 0.25) is 5.02 Å². The fourth-order valence-electron chi connectivity index (χ4n) is 2.93. The Morgan fingerprint density at radius 1 is 1.12 bits per heavy atom. The maximum absolute atomic E-state index is 13.5. The van der Waals surface area contributed by atoms with Gasteiger partial charge in [-0.05, 0) is 48.5 Å². The lowest BCUT2D eigenvalue weighted by Gasteiger charge is -2.10. The molecule has 33 heavy (non-hydrogen) atoms. The average molecular weight is 485 g/mol. The second-order valence-corrected chi connectivity index (χ2v) is 7.99. The van der Waals surface area contributed by atoms with E-state index < -0.39 is 22.3 Å². The molecule has 0 aliphatic carbocycles. The number of carbonyl (C=O) groups is 1. The van der Waals surface area contributed by atoms with Crippen molar-refractivity contribution in [2.75, 3.05) is 11.1 Å². The molecule has 0 unspecified atom stereocenters. The Kier molecular flexibility index (Phi) is 6.61. The minimum Gasteiger partial charge on any atom is -0.325 e. The molecule has 0 aliphatic rings. The molecule has 2 aromatic carbocycles. The molecule has 0 spiro atoms. The molecule has 4 rings (SSSR count). The Balaban J connectivity index is 1.56. The van der Waals surface area contributed by atoms with Gasteiger partial charge in [0, 0.05) is 40.4 Å². The van der Waals surface area contributed by atoms with E-state index in [1.54, 1.807) is 53.4 Å². The molecule has 0 fully saturated rings. The number of anilines is 1. The summed E-state index contributed by atoms with van der Waals surface area (Å²) < 4.78 is 15.3. The maximum Gasteiger partial charge on any atom is 0.306 e. The lowest BCUT2D eigenvalue weighted by atomic mass is 10.2. The number of hydrogen-bond donors (Lipinski definition) is 1. The Bertz CT molecular complexity index is 1320. The van der Waals surface area contributed by atoms with Gasteiger partial charge in [-0.15, -0.1) is 10.2 Å². The first-order valence-corrected chi connectivity index (χ1v) is 10.8. The molecule has 0 bridgehead atoms. The topological polar surface area (TPSA) is 116 Å². The molecule has 2 heterocycles. The fraction of sp³-hybridized carbons (Fsp3) is 0.0476. The summed E-state index contributed by atoms with van der Waals surface area (Å²) in [6.45, 7) is 0. The predicted octanol–water partition coefficient (Wildman–Crippen LogP) is 4.76. The van der Waals surface area contributed by atoms with E-state index in [0.717, 1.165) is 35.1 Å². The first kappa shape index (κ1) is 22.4. The zero-order valence-electron chi connectivity index (χ0n) is 16.7. The Labute approximate surface area is 195 Å². The molecule has 4 aromatic rings. The molecule has 2 aromatic heterocycles. The summed E-state index contributed by atoms with van der Waals surface area (Å²) in [5.41, 5.74) is 0.922. The molecule has 12 heteroatoms. The van der Waals surface area contributed by atoms with E-state index >= 15 is 0 Å². The van der Waals surface area contributed by atoms with Crippen molar-refractivity contribution in [3.8, 4) is 17.1 Å². The molecular weight excluding hydrogens is 471 g/mol. The number of thioether (sulfide) groups is 1. The number of amides is 1. The molecule has 1 amide bonds.